The molecule has 226 valence electrons. The van der Waals surface area contributed by atoms with Crippen molar-refractivity contribution in [1.82, 2.24) is 4.90 Å². The van der Waals surface area contributed by atoms with E-state index in [1.54, 1.807) is 24.3 Å². The van der Waals surface area contributed by atoms with Gasteiger partial charge in [0.25, 0.3) is 5.91 Å². The summed E-state index contributed by atoms with van der Waals surface area (Å²) in [7, 11) is 0. The molecular weight excluding hydrogens is 540 g/mol. The van der Waals surface area contributed by atoms with E-state index in [9.17, 15) is 13.6 Å². The zero-order valence-electron chi connectivity index (χ0n) is 25.9. The van der Waals surface area contributed by atoms with E-state index in [1.807, 2.05) is 37.8 Å². The number of carbonyl (C=O) groups is 1. The van der Waals surface area contributed by atoms with Crippen LogP contribution in [0.1, 0.15) is 78.6 Å². The average Bonchev–Trinajstić information content (AvgIpc) is 2.99. The highest BCUT2D eigenvalue weighted by atomic mass is 19.1. The van der Waals surface area contributed by atoms with Crippen LogP contribution in [0.4, 0.5) is 14.5 Å². The van der Waals surface area contributed by atoms with Gasteiger partial charge in [-0.15, -0.1) is 0 Å². The Morgan fingerprint density at radius 3 is 2.23 bits per heavy atom. The fourth-order valence-electron chi connectivity index (χ4n) is 7.27. The van der Waals surface area contributed by atoms with Crippen LogP contribution in [0, 0.1) is 36.4 Å². The van der Waals surface area contributed by atoms with E-state index in [1.165, 1.54) is 17.7 Å². The number of amides is 1. The normalized spacial score (nSPS) is 22.4. The molecule has 3 aromatic rings. The van der Waals surface area contributed by atoms with E-state index in [0.717, 1.165) is 36.3 Å². The maximum atomic E-state index is 14.3. The first-order chi connectivity index (χ1) is 20.6. The third kappa shape index (κ3) is 6.02. The lowest BCUT2D eigenvalue weighted by molar-refractivity contribution is -0.206. The predicted octanol–water partition coefficient (Wildman–Crippen LogP) is 8.65. The van der Waals surface area contributed by atoms with Crippen LogP contribution >= 0.6 is 0 Å². The van der Waals surface area contributed by atoms with E-state index < -0.39 is 5.67 Å². The molecule has 1 aliphatic heterocycles. The van der Waals surface area contributed by atoms with Crippen LogP contribution in [-0.2, 0) is 0 Å². The highest BCUT2D eigenvalue weighted by Crippen LogP contribution is 2.70. The summed E-state index contributed by atoms with van der Waals surface area (Å²) < 4.78 is 28.0. The average molecular weight is 584 g/mol. The number of rotatable bonds is 8. The van der Waals surface area contributed by atoms with Crippen molar-refractivity contribution >= 4 is 17.3 Å². The van der Waals surface area contributed by atoms with Gasteiger partial charge in [0.1, 0.15) is 11.5 Å². The quantitative estimate of drug-likeness (QED) is 0.270. The molecule has 4 nitrogen and oxygen atoms in total. The molecule has 1 saturated heterocycles. The van der Waals surface area contributed by atoms with Crippen LogP contribution in [0.3, 0.4) is 0 Å². The molecule has 3 saturated carbocycles. The number of nitrogens with one attached hydrogen (secondary N) is 1. The summed E-state index contributed by atoms with van der Waals surface area (Å²) in [6.45, 7) is 14.6. The number of hydrogen-bond acceptors (Lipinski definition) is 3. The van der Waals surface area contributed by atoms with E-state index >= 15 is 0 Å². The summed E-state index contributed by atoms with van der Waals surface area (Å²) in [4.78, 5) is 17.7. The Morgan fingerprint density at radius 1 is 0.953 bits per heavy atom. The van der Waals surface area contributed by atoms with Crippen molar-refractivity contribution in [2.45, 2.75) is 65.5 Å². The van der Waals surface area contributed by atoms with Crippen molar-refractivity contribution in [2.75, 3.05) is 24.5 Å². The fourth-order valence-corrected chi connectivity index (χ4v) is 7.27. The second-order valence-electron chi connectivity index (χ2n) is 12.5. The summed E-state index contributed by atoms with van der Waals surface area (Å²) in [6.07, 6.45) is 3.62. The second-order valence-corrected chi connectivity index (χ2v) is 12.5. The number of aryl methyl sites for hydroxylation is 2. The molecule has 0 atom stereocenters. The number of allylic oxidation sites excluding steroid dienone is 1. The molecule has 0 unspecified atom stereocenters. The molecule has 1 heterocycles. The minimum atomic E-state index is -0.930. The van der Waals surface area contributed by atoms with Gasteiger partial charge in [-0.25, -0.2) is 8.78 Å². The molecule has 1 N–H and O–H groups in total. The van der Waals surface area contributed by atoms with Gasteiger partial charge in [-0.3, -0.25) is 10.2 Å². The maximum Gasteiger partial charge on any atom is 0.253 e. The number of halogens is 2. The van der Waals surface area contributed by atoms with Crippen LogP contribution in [0.5, 0.6) is 0 Å². The lowest BCUT2D eigenvalue weighted by Gasteiger charge is -2.67. The zero-order valence-corrected chi connectivity index (χ0v) is 25.9. The first-order valence-corrected chi connectivity index (χ1v) is 15.5. The SMILES string of the molecule is C=C(C1CCN(C(=O)c2ccc(C(=N)c3cccc(F)c3)c(C)c2)CC1)N(CC12CC(F)(C1)C2)c1ccccc1C.CC. The molecule has 3 aromatic carbocycles. The fraction of sp³-hybridized carbons (Fsp3) is 0.405. The molecule has 43 heavy (non-hydrogen) atoms. The van der Waals surface area contributed by atoms with E-state index in [-0.39, 0.29) is 28.8 Å². The molecule has 4 aliphatic rings. The van der Waals surface area contributed by atoms with Crippen LogP contribution < -0.4 is 4.90 Å². The van der Waals surface area contributed by atoms with Crippen molar-refractivity contribution in [3.63, 3.8) is 0 Å². The molecule has 1 amide bonds. The number of nitrogens with zero attached hydrogens (tertiary/aromatic N) is 2. The molecule has 0 radical (unpaired) electrons. The number of likely N-dealkylation sites (tertiary alicyclic amines) is 1. The standard InChI is InChI=1S/C35H37F2N3O.C2H6/c1-23-7-4-5-10-31(23)40(22-34-19-35(37,20-34)21-34)25(3)26-13-15-39(16-14-26)33(41)28-11-12-30(24(2)17-28)32(38)27-8-6-9-29(36)18-27;1-2/h4-12,17-18,26,38H,3,13-16,19-22H2,1-2H3;1-2H3. The maximum absolute atomic E-state index is 14.3. The van der Waals surface area contributed by atoms with Crippen molar-refractivity contribution in [3.8, 4) is 0 Å². The number of anilines is 1. The smallest absolute Gasteiger partial charge is 0.253 e. The summed E-state index contributed by atoms with van der Waals surface area (Å²) in [5.41, 5.74) is 5.37. The molecular formula is C37H43F2N3O. The second kappa shape index (κ2) is 12.1. The van der Waals surface area contributed by atoms with E-state index in [2.05, 4.69) is 36.6 Å². The molecule has 6 heteroatoms. The lowest BCUT2D eigenvalue weighted by atomic mass is 9.42. The van der Waals surface area contributed by atoms with Gasteiger partial charge in [0.15, 0.2) is 0 Å². The molecule has 4 fully saturated rings. The molecule has 7 rings (SSSR count). The number of alkyl halides is 1. The molecule has 0 spiro atoms. The van der Waals surface area contributed by atoms with Gasteiger partial charge in [-0.05, 0) is 92.8 Å². The summed E-state index contributed by atoms with van der Waals surface area (Å²) in [6, 6.07) is 19.8. The minimum absolute atomic E-state index is 0.0149. The van der Waals surface area contributed by atoms with Crippen molar-refractivity contribution in [3.05, 3.63) is 113 Å². The Labute approximate surface area is 254 Å². The van der Waals surface area contributed by atoms with Gasteiger partial charge < -0.3 is 9.80 Å². The lowest BCUT2D eigenvalue weighted by Crippen LogP contribution is -2.68. The molecule has 2 bridgehead atoms. The van der Waals surface area contributed by atoms with Gasteiger partial charge in [-0.1, -0.05) is 56.8 Å². The third-order valence-corrected chi connectivity index (χ3v) is 9.43. The Morgan fingerprint density at radius 2 is 1.63 bits per heavy atom. The summed E-state index contributed by atoms with van der Waals surface area (Å²) in [5, 5.41) is 8.54. The van der Waals surface area contributed by atoms with Crippen LogP contribution in [0.25, 0.3) is 0 Å². The first kappa shape index (κ1) is 30.7. The van der Waals surface area contributed by atoms with Gasteiger partial charge in [-0.2, -0.15) is 0 Å². The van der Waals surface area contributed by atoms with Crippen molar-refractivity contribution in [1.29, 1.82) is 5.41 Å². The Hall–Kier alpha value is -3.80. The zero-order chi connectivity index (χ0) is 30.9. The molecule has 3 aliphatic carbocycles. The van der Waals surface area contributed by atoms with Crippen LogP contribution in [-0.4, -0.2) is 41.8 Å². The summed E-state index contributed by atoms with van der Waals surface area (Å²) in [5.74, 6) is -0.141. The number of carbonyl (C=O) groups excluding carboxylic acids is 1. The number of hydrogen-bond donors (Lipinski definition) is 1. The predicted molar refractivity (Wildman–Crippen MR) is 171 cm³/mol. The number of para-hydroxylation sites is 1. The van der Waals surface area contributed by atoms with Crippen molar-refractivity contribution < 1.29 is 13.6 Å². The Kier molecular flexibility index (Phi) is 8.60. The first-order valence-electron chi connectivity index (χ1n) is 15.5. The van der Waals surface area contributed by atoms with Crippen molar-refractivity contribution in [2.24, 2.45) is 11.3 Å². The van der Waals surface area contributed by atoms with E-state index in [0.29, 0.717) is 49.0 Å². The number of benzene rings is 3. The van der Waals surface area contributed by atoms with Gasteiger partial charge in [0.2, 0.25) is 0 Å². The van der Waals surface area contributed by atoms with Gasteiger partial charge >= 0.3 is 0 Å². The van der Waals surface area contributed by atoms with Crippen LogP contribution in [0.15, 0.2) is 79.0 Å². The van der Waals surface area contributed by atoms with Crippen LogP contribution in [0.2, 0.25) is 0 Å². The topological polar surface area (TPSA) is 47.4 Å². The molecule has 0 aromatic heterocycles. The summed E-state index contributed by atoms with van der Waals surface area (Å²) >= 11 is 0. The Balaban J connectivity index is 0.00000180. The monoisotopic (exact) mass is 583 g/mol. The number of piperidine rings is 1. The van der Waals surface area contributed by atoms with Gasteiger partial charge in [0.05, 0.1) is 5.71 Å². The highest BCUT2D eigenvalue weighted by molar-refractivity contribution is 6.12. The Bertz CT molecular complexity index is 1520. The minimum Gasteiger partial charge on any atom is -0.345 e. The third-order valence-electron chi connectivity index (χ3n) is 9.43. The van der Waals surface area contributed by atoms with E-state index in [4.69, 9.17) is 5.41 Å². The highest BCUT2D eigenvalue weighted by Gasteiger charge is 2.69. The van der Waals surface area contributed by atoms with Gasteiger partial charge in [0, 0.05) is 53.6 Å². The largest absolute Gasteiger partial charge is 0.345 e.